The second-order valence-electron chi connectivity index (χ2n) is 14.4. The maximum Gasteiger partial charge on any atom is 0.385 e. The van der Waals surface area contributed by atoms with Gasteiger partial charge in [-0.2, -0.15) is 0 Å². The fourth-order valence-corrected chi connectivity index (χ4v) is 8.54. The Labute approximate surface area is 296 Å². The van der Waals surface area contributed by atoms with Crippen LogP contribution in [0.4, 0.5) is 0 Å². The molecule has 0 amide bonds. The Morgan fingerprint density at radius 3 is 1.27 bits per heavy atom. The molecular weight excluding hydrogens is 623 g/mol. The number of hydrogen-bond donors (Lipinski definition) is 4. The molecule has 0 rings (SSSR count). The van der Waals surface area contributed by atoms with Crippen LogP contribution < -0.4 is 0 Å². The first-order valence-electron chi connectivity index (χ1n) is 20.4. The Morgan fingerprint density at radius 2 is 0.917 bits per heavy atom. The van der Waals surface area contributed by atoms with Crippen molar-refractivity contribution in [2.45, 2.75) is 218 Å². The number of hydrogen-bond acceptors (Lipinski definition) is 7. The molecular formula is C40H78O7P+. The molecule has 0 saturated carbocycles. The highest BCUT2D eigenvalue weighted by Crippen LogP contribution is 2.47. The van der Waals surface area contributed by atoms with Gasteiger partial charge >= 0.3 is 13.1 Å². The van der Waals surface area contributed by atoms with Gasteiger partial charge in [0.1, 0.15) is 17.8 Å². The minimum absolute atomic E-state index is 0.0200. The molecule has 8 heteroatoms. The molecule has 0 aromatic carbocycles. The van der Waals surface area contributed by atoms with E-state index in [1.807, 2.05) is 0 Å². The average Bonchev–Trinajstić information content (AvgIpc) is 3.08. The smallest absolute Gasteiger partial charge is 0.385 e. The van der Waals surface area contributed by atoms with Crippen LogP contribution in [0.5, 0.6) is 0 Å². The number of Topliss-reactive ketones (excluding diaryl/α,β-unsaturated/α-hetero) is 2. The van der Waals surface area contributed by atoms with Crippen LogP contribution in [0.2, 0.25) is 0 Å². The first-order chi connectivity index (χ1) is 23.3. The van der Waals surface area contributed by atoms with Gasteiger partial charge in [-0.25, -0.2) is 0 Å². The molecule has 0 aromatic rings. The van der Waals surface area contributed by atoms with Gasteiger partial charge in [-0.15, -0.1) is 0 Å². The van der Waals surface area contributed by atoms with E-state index in [-0.39, 0.29) is 38.1 Å². The van der Waals surface area contributed by atoms with E-state index in [0.717, 1.165) is 38.5 Å². The number of unbranched alkanes of at least 4 members (excludes halogenated alkanes) is 24. The van der Waals surface area contributed by atoms with Gasteiger partial charge in [0.25, 0.3) is 0 Å². The van der Waals surface area contributed by atoms with Crippen molar-refractivity contribution in [2.24, 2.45) is 5.92 Å². The lowest BCUT2D eigenvalue weighted by atomic mass is 9.85. The fraction of sp³-hybridized carbons (Fsp3) is 0.950. The number of carbonyl (C=O) groups is 2. The van der Waals surface area contributed by atoms with E-state index < -0.39 is 43.7 Å². The molecule has 0 aliphatic heterocycles. The molecule has 0 aliphatic rings. The first-order valence-corrected chi connectivity index (χ1v) is 21.9. The molecule has 0 spiro atoms. The average molecular weight is 702 g/mol. The molecule has 0 radical (unpaired) electrons. The molecule has 48 heavy (non-hydrogen) atoms. The molecule has 0 heterocycles. The second-order valence-corrected chi connectivity index (χ2v) is 16.2. The summed E-state index contributed by atoms with van der Waals surface area (Å²) in [5.74, 6) is -2.10. The molecule has 284 valence electrons. The van der Waals surface area contributed by atoms with E-state index in [1.54, 1.807) is 0 Å². The van der Waals surface area contributed by atoms with Crippen LogP contribution >= 0.6 is 7.80 Å². The summed E-state index contributed by atoms with van der Waals surface area (Å²) in [6.07, 6.45) is 29.1. The lowest BCUT2D eigenvalue weighted by Crippen LogP contribution is -2.47. The minimum Gasteiger partial charge on any atom is -0.396 e. The van der Waals surface area contributed by atoms with Crippen LogP contribution in [0.3, 0.4) is 0 Å². The Hall–Kier alpha value is -0.720. The minimum atomic E-state index is -2.73. The van der Waals surface area contributed by atoms with E-state index in [2.05, 4.69) is 13.8 Å². The summed E-state index contributed by atoms with van der Waals surface area (Å²) in [6, 6.07) is 0. The monoisotopic (exact) mass is 702 g/mol. The third-order valence-corrected chi connectivity index (χ3v) is 12.0. The summed E-state index contributed by atoms with van der Waals surface area (Å²) in [6.45, 7) is 3.63. The summed E-state index contributed by atoms with van der Waals surface area (Å²) >= 11 is 0. The molecule has 4 unspecified atom stereocenters. The molecule has 0 saturated heterocycles. The Kier molecular flexibility index (Phi) is 32.9. The summed E-state index contributed by atoms with van der Waals surface area (Å²) in [4.78, 5) is 27.1. The van der Waals surface area contributed by atoms with Crippen molar-refractivity contribution < 1.29 is 34.6 Å². The fourth-order valence-electron chi connectivity index (χ4n) is 6.76. The molecule has 4 atom stereocenters. The van der Waals surface area contributed by atoms with Crippen LogP contribution in [-0.4, -0.2) is 62.8 Å². The van der Waals surface area contributed by atoms with Crippen LogP contribution in [0.1, 0.15) is 206 Å². The van der Waals surface area contributed by atoms with Gasteiger partial charge < -0.3 is 20.4 Å². The third kappa shape index (κ3) is 23.6. The quantitative estimate of drug-likeness (QED) is 0.0372. The van der Waals surface area contributed by atoms with E-state index in [9.17, 15) is 34.6 Å². The van der Waals surface area contributed by atoms with Gasteiger partial charge in [-0.05, 0) is 25.7 Å². The Balaban J connectivity index is 4.82. The van der Waals surface area contributed by atoms with Gasteiger partial charge in [0.15, 0.2) is 6.16 Å². The topological polar surface area (TPSA) is 132 Å². The van der Waals surface area contributed by atoms with Gasteiger partial charge in [0, 0.05) is 19.4 Å². The van der Waals surface area contributed by atoms with Crippen molar-refractivity contribution in [1.29, 1.82) is 0 Å². The van der Waals surface area contributed by atoms with E-state index in [0.29, 0.717) is 12.8 Å². The van der Waals surface area contributed by atoms with Gasteiger partial charge in [-0.1, -0.05) is 173 Å². The van der Waals surface area contributed by atoms with Crippen molar-refractivity contribution in [2.75, 3.05) is 19.4 Å². The summed E-state index contributed by atoms with van der Waals surface area (Å²) in [7, 11) is -2.73. The van der Waals surface area contributed by atoms with E-state index in [4.69, 9.17) is 0 Å². The number of aliphatic hydroxyl groups is 4. The number of aliphatic hydroxyl groups excluding tert-OH is 3. The zero-order valence-corrected chi connectivity index (χ0v) is 32.3. The molecule has 0 aromatic heterocycles. The Bertz CT molecular complexity index is 777. The maximum atomic E-state index is 13.6. The van der Waals surface area contributed by atoms with Crippen molar-refractivity contribution in [3.63, 3.8) is 0 Å². The summed E-state index contributed by atoms with van der Waals surface area (Å²) in [5, 5.41) is 38.3. The van der Waals surface area contributed by atoms with Crippen LogP contribution in [0.25, 0.3) is 0 Å². The predicted molar refractivity (Wildman–Crippen MR) is 201 cm³/mol. The Morgan fingerprint density at radius 1 is 0.562 bits per heavy atom. The first kappa shape index (κ1) is 47.3. The van der Waals surface area contributed by atoms with Crippen LogP contribution in [0.15, 0.2) is 0 Å². The van der Waals surface area contributed by atoms with Crippen LogP contribution in [-0.2, 0) is 14.2 Å². The van der Waals surface area contributed by atoms with Crippen molar-refractivity contribution in [3.8, 4) is 0 Å². The zero-order chi connectivity index (χ0) is 35.7. The van der Waals surface area contributed by atoms with E-state index >= 15 is 0 Å². The number of carbonyl (C=O) groups excluding carboxylic acids is 2. The van der Waals surface area contributed by atoms with Gasteiger partial charge in [0.2, 0.25) is 5.78 Å². The molecule has 7 nitrogen and oxygen atoms in total. The lowest BCUT2D eigenvalue weighted by molar-refractivity contribution is -0.142. The molecule has 4 N–H and O–H groups in total. The molecule has 0 fully saturated rings. The maximum absolute atomic E-state index is 13.6. The van der Waals surface area contributed by atoms with Crippen molar-refractivity contribution in [1.82, 2.24) is 0 Å². The molecule has 0 aliphatic carbocycles. The highest BCUT2D eigenvalue weighted by molar-refractivity contribution is 7.47. The number of ketones is 2. The predicted octanol–water partition coefficient (Wildman–Crippen LogP) is 10.3. The zero-order valence-electron chi connectivity index (χ0n) is 31.5. The van der Waals surface area contributed by atoms with Crippen molar-refractivity contribution >= 4 is 19.4 Å². The SMILES string of the molecule is CCCCCCCCCCCCCCCC(=O)C(CCCO)C(O)(C(=O)CCCCCCCCCCCCCCC)[P+](=O)CC(O)CO. The molecule has 0 bridgehead atoms. The van der Waals surface area contributed by atoms with Gasteiger partial charge in [0.05, 0.1) is 6.61 Å². The third-order valence-electron chi connectivity index (χ3n) is 9.94. The highest BCUT2D eigenvalue weighted by atomic mass is 31.1. The van der Waals surface area contributed by atoms with Crippen molar-refractivity contribution in [3.05, 3.63) is 0 Å². The summed E-state index contributed by atoms with van der Waals surface area (Å²) in [5.41, 5.74) is 0. The normalized spacial score (nSPS) is 14.5. The van der Waals surface area contributed by atoms with Gasteiger partial charge in [-0.3, -0.25) is 9.59 Å². The number of rotatable bonds is 38. The highest BCUT2D eigenvalue weighted by Gasteiger charge is 2.61. The largest absolute Gasteiger partial charge is 0.396 e. The van der Waals surface area contributed by atoms with Crippen LogP contribution in [0, 0.1) is 5.92 Å². The van der Waals surface area contributed by atoms with E-state index in [1.165, 1.54) is 116 Å². The lowest BCUT2D eigenvalue weighted by Gasteiger charge is -2.26. The summed E-state index contributed by atoms with van der Waals surface area (Å²) < 4.78 is 13.5. The standard InChI is InChI=1S/C40H78O7P/c1-3-5-7-9-11-13-15-17-19-21-23-25-27-31-38(44)37(30-29-33-41)40(46,48(47)35-36(43)34-42)39(45)32-28-26-24-22-20-18-16-14-12-10-8-6-4-2/h36-37,41-43,46H,3-35H2,1-2H3/q+1. The second kappa shape index (κ2) is 33.4.